The van der Waals surface area contributed by atoms with Gasteiger partial charge in [-0.2, -0.15) is 0 Å². The van der Waals surface area contributed by atoms with Crippen molar-refractivity contribution >= 4 is 46.3 Å². The molecule has 7 heteroatoms. The summed E-state index contributed by atoms with van der Waals surface area (Å²) in [7, 11) is 0. The van der Waals surface area contributed by atoms with E-state index in [1.54, 1.807) is 12.1 Å². The fourth-order valence-electron chi connectivity index (χ4n) is 2.22. The third kappa shape index (κ3) is 3.58. The van der Waals surface area contributed by atoms with Gasteiger partial charge in [0.2, 0.25) is 0 Å². The molecule has 0 spiro atoms. The number of thioether (sulfide) groups is 1. The molecule has 2 heterocycles. The molecule has 1 N–H and O–H groups in total. The molecule has 0 bridgehead atoms. The third-order valence-electron chi connectivity index (χ3n) is 3.38. The molecule has 1 fully saturated rings. The highest BCUT2D eigenvalue weighted by Crippen LogP contribution is 2.33. The summed E-state index contributed by atoms with van der Waals surface area (Å²) in [6, 6.07) is 13.3. The smallest absolute Gasteiger partial charge is 0.305 e. The molecule has 24 heavy (non-hydrogen) atoms. The maximum Gasteiger partial charge on any atom is 0.305 e. The van der Waals surface area contributed by atoms with Gasteiger partial charge in [-0.05, 0) is 12.1 Å². The summed E-state index contributed by atoms with van der Waals surface area (Å²) in [6.07, 6.45) is 1.49. The van der Waals surface area contributed by atoms with E-state index in [0.29, 0.717) is 20.7 Å². The Balaban J connectivity index is 1.77. The van der Waals surface area contributed by atoms with Crippen LogP contribution in [0.3, 0.4) is 0 Å². The topological polar surface area (TPSA) is 70.8 Å². The molecule has 122 valence electrons. The maximum atomic E-state index is 12.3. The molecule has 0 radical (unpaired) electrons. The fraction of sp³-hybridized carbons (Fsp3) is 0.118. The molecular weight excluding hydrogens is 346 g/mol. The van der Waals surface area contributed by atoms with Crippen molar-refractivity contribution in [1.29, 1.82) is 0 Å². The Morgan fingerprint density at radius 3 is 2.71 bits per heavy atom. The Morgan fingerprint density at radius 1 is 1.25 bits per heavy atom. The number of furan rings is 1. The highest BCUT2D eigenvalue weighted by atomic mass is 32.2. The van der Waals surface area contributed by atoms with Crippen LogP contribution in [0.5, 0.6) is 0 Å². The molecule has 1 saturated heterocycles. The SMILES string of the molecule is O=C(O)CCN1C(=O)/C(=C/c2ccc(-c3ccccc3)o2)SC1=S. The van der Waals surface area contributed by atoms with Gasteiger partial charge >= 0.3 is 5.97 Å². The van der Waals surface area contributed by atoms with Crippen molar-refractivity contribution in [2.75, 3.05) is 6.54 Å². The Hall–Kier alpha value is -2.38. The van der Waals surface area contributed by atoms with Crippen LogP contribution in [0.1, 0.15) is 12.2 Å². The van der Waals surface area contributed by atoms with Gasteiger partial charge in [-0.15, -0.1) is 0 Å². The fourth-order valence-corrected chi connectivity index (χ4v) is 3.51. The molecule has 1 aromatic carbocycles. The standard InChI is InChI=1S/C17H13NO4S2/c19-15(20)8-9-18-16(21)14(24-17(18)23)10-12-6-7-13(22-12)11-4-2-1-3-5-11/h1-7,10H,8-9H2,(H,19,20)/b14-10-. The van der Waals surface area contributed by atoms with Crippen LogP contribution in [0.2, 0.25) is 0 Å². The van der Waals surface area contributed by atoms with E-state index in [0.717, 1.165) is 17.3 Å². The van der Waals surface area contributed by atoms with Crippen LogP contribution in [-0.2, 0) is 9.59 Å². The maximum absolute atomic E-state index is 12.3. The lowest BCUT2D eigenvalue weighted by molar-refractivity contribution is -0.137. The van der Waals surface area contributed by atoms with Gasteiger partial charge in [-0.1, -0.05) is 54.3 Å². The highest BCUT2D eigenvalue weighted by molar-refractivity contribution is 8.26. The molecule has 5 nitrogen and oxygen atoms in total. The highest BCUT2D eigenvalue weighted by Gasteiger charge is 2.32. The van der Waals surface area contributed by atoms with E-state index in [-0.39, 0.29) is 18.9 Å². The molecule has 1 aromatic heterocycles. The van der Waals surface area contributed by atoms with Crippen LogP contribution < -0.4 is 0 Å². The molecule has 2 aromatic rings. The Bertz CT molecular complexity index is 826. The lowest BCUT2D eigenvalue weighted by atomic mass is 10.2. The Morgan fingerprint density at radius 2 is 2.00 bits per heavy atom. The van der Waals surface area contributed by atoms with Gasteiger partial charge in [0.05, 0.1) is 11.3 Å². The Kier molecular flexibility index (Phi) is 4.82. The van der Waals surface area contributed by atoms with Gasteiger partial charge in [0, 0.05) is 18.2 Å². The number of carbonyl (C=O) groups is 2. The summed E-state index contributed by atoms with van der Waals surface area (Å²) >= 11 is 6.30. The first-order chi connectivity index (χ1) is 11.5. The largest absolute Gasteiger partial charge is 0.481 e. The van der Waals surface area contributed by atoms with Crippen LogP contribution in [0.4, 0.5) is 0 Å². The second-order valence-corrected chi connectivity index (χ2v) is 6.72. The molecule has 0 aliphatic carbocycles. The molecule has 1 aliphatic rings. The predicted molar refractivity (Wildman–Crippen MR) is 96.3 cm³/mol. The zero-order valence-electron chi connectivity index (χ0n) is 12.5. The van der Waals surface area contributed by atoms with Gasteiger partial charge < -0.3 is 9.52 Å². The number of hydrogen-bond acceptors (Lipinski definition) is 5. The van der Waals surface area contributed by atoms with Crippen LogP contribution in [0.25, 0.3) is 17.4 Å². The second-order valence-electron chi connectivity index (χ2n) is 5.05. The van der Waals surface area contributed by atoms with Gasteiger partial charge in [-0.25, -0.2) is 0 Å². The van der Waals surface area contributed by atoms with Crippen molar-refractivity contribution in [3.8, 4) is 11.3 Å². The van der Waals surface area contributed by atoms with E-state index < -0.39 is 5.97 Å². The van der Waals surface area contributed by atoms with Crippen molar-refractivity contribution in [3.63, 3.8) is 0 Å². The number of carbonyl (C=O) groups excluding carboxylic acids is 1. The lowest BCUT2D eigenvalue weighted by Crippen LogP contribution is -2.30. The molecular formula is C17H13NO4S2. The number of thiocarbonyl (C=S) groups is 1. The molecule has 1 amide bonds. The van der Waals surface area contributed by atoms with E-state index in [1.165, 1.54) is 4.90 Å². The van der Waals surface area contributed by atoms with Crippen LogP contribution in [0.15, 0.2) is 51.8 Å². The summed E-state index contributed by atoms with van der Waals surface area (Å²) in [5, 5.41) is 8.74. The molecule has 0 unspecified atom stereocenters. The minimum absolute atomic E-state index is 0.0742. The average Bonchev–Trinajstić information content (AvgIpc) is 3.13. The molecule has 3 rings (SSSR count). The summed E-state index contributed by atoms with van der Waals surface area (Å²) in [6.45, 7) is 0.0742. The first kappa shape index (κ1) is 16.5. The minimum Gasteiger partial charge on any atom is -0.481 e. The average molecular weight is 359 g/mol. The van der Waals surface area contributed by atoms with E-state index in [4.69, 9.17) is 21.7 Å². The molecule has 0 atom stereocenters. The second kappa shape index (κ2) is 7.02. The van der Waals surface area contributed by atoms with Crippen molar-refractivity contribution < 1.29 is 19.1 Å². The van der Waals surface area contributed by atoms with Crippen molar-refractivity contribution in [1.82, 2.24) is 4.90 Å². The normalized spacial score (nSPS) is 16.2. The Labute approximate surface area is 148 Å². The first-order valence-corrected chi connectivity index (χ1v) is 8.39. The van der Waals surface area contributed by atoms with Crippen LogP contribution in [0, 0.1) is 0 Å². The van der Waals surface area contributed by atoms with Crippen molar-refractivity contribution in [2.45, 2.75) is 6.42 Å². The number of hydrogen-bond donors (Lipinski definition) is 1. The summed E-state index contributed by atoms with van der Waals surface area (Å²) < 4.78 is 6.11. The summed E-state index contributed by atoms with van der Waals surface area (Å²) in [5.41, 5.74) is 0.950. The number of carboxylic acid groups (broad SMARTS) is 1. The van der Waals surface area contributed by atoms with E-state index in [2.05, 4.69) is 0 Å². The summed E-state index contributed by atoms with van der Waals surface area (Å²) in [4.78, 5) is 24.7. The molecule has 0 saturated carbocycles. The van der Waals surface area contributed by atoms with Gasteiger partial charge in [-0.3, -0.25) is 14.5 Å². The number of amides is 1. The quantitative estimate of drug-likeness (QED) is 0.649. The number of aliphatic carboxylic acids is 1. The van der Waals surface area contributed by atoms with Crippen LogP contribution >= 0.6 is 24.0 Å². The summed E-state index contributed by atoms with van der Waals surface area (Å²) in [5.74, 6) is 0.00581. The third-order valence-corrected chi connectivity index (χ3v) is 4.76. The molecule has 1 aliphatic heterocycles. The van der Waals surface area contributed by atoms with Crippen LogP contribution in [-0.4, -0.2) is 32.7 Å². The number of carboxylic acids is 1. The van der Waals surface area contributed by atoms with E-state index >= 15 is 0 Å². The van der Waals surface area contributed by atoms with Gasteiger partial charge in [0.15, 0.2) is 0 Å². The first-order valence-electron chi connectivity index (χ1n) is 7.17. The van der Waals surface area contributed by atoms with E-state index in [1.807, 2.05) is 36.4 Å². The number of nitrogens with zero attached hydrogens (tertiary/aromatic N) is 1. The van der Waals surface area contributed by atoms with E-state index in [9.17, 15) is 9.59 Å². The van der Waals surface area contributed by atoms with Gasteiger partial charge in [0.1, 0.15) is 15.8 Å². The zero-order valence-corrected chi connectivity index (χ0v) is 14.1. The monoisotopic (exact) mass is 359 g/mol. The van der Waals surface area contributed by atoms with Gasteiger partial charge in [0.25, 0.3) is 5.91 Å². The zero-order chi connectivity index (χ0) is 17.1. The van der Waals surface area contributed by atoms with Crippen molar-refractivity contribution in [3.05, 3.63) is 53.1 Å². The van der Waals surface area contributed by atoms with Crippen molar-refractivity contribution in [2.24, 2.45) is 0 Å². The number of benzene rings is 1. The predicted octanol–water partition coefficient (Wildman–Crippen LogP) is 3.62. The lowest BCUT2D eigenvalue weighted by Gasteiger charge is -2.12. The number of rotatable bonds is 5. The minimum atomic E-state index is -0.966.